The molecule has 7 heteroatoms. The summed E-state index contributed by atoms with van der Waals surface area (Å²) in [5.41, 5.74) is 0.460. The molecule has 0 atom stereocenters. The predicted molar refractivity (Wildman–Crippen MR) is 75.5 cm³/mol. The van der Waals surface area contributed by atoms with E-state index in [1.54, 1.807) is 12.1 Å². The first-order chi connectivity index (χ1) is 9.47. The molecule has 20 heavy (non-hydrogen) atoms. The SMILES string of the molecule is O=C(CN1CCCC1=O)Nc1ccc(Br)c(C(=O)O)c1. The number of likely N-dealkylation sites (tertiary alicyclic amines) is 1. The Hall–Kier alpha value is -1.89. The Labute approximate surface area is 123 Å². The summed E-state index contributed by atoms with van der Waals surface area (Å²) in [4.78, 5) is 35.7. The van der Waals surface area contributed by atoms with E-state index in [1.807, 2.05) is 0 Å². The summed E-state index contributed by atoms with van der Waals surface area (Å²) < 4.78 is 0.442. The van der Waals surface area contributed by atoms with Gasteiger partial charge >= 0.3 is 5.97 Å². The Morgan fingerprint density at radius 1 is 1.40 bits per heavy atom. The molecule has 1 aliphatic rings. The second-order valence-electron chi connectivity index (χ2n) is 4.47. The predicted octanol–water partition coefficient (Wildman–Crippen LogP) is 1.71. The number of hydrogen-bond donors (Lipinski definition) is 2. The molecule has 0 bridgehead atoms. The maximum absolute atomic E-state index is 11.8. The van der Waals surface area contributed by atoms with Gasteiger partial charge in [0.15, 0.2) is 0 Å². The quantitative estimate of drug-likeness (QED) is 0.873. The first kappa shape index (κ1) is 14.5. The molecule has 1 fully saturated rings. The molecule has 2 rings (SSSR count). The summed E-state index contributed by atoms with van der Waals surface area (Å²) in [7, 11) is 0. The zero-order chi connectivity index (χ0) is 14.7. The van der Waals surface area contributed by atoms with Crippen LogP contribution >= 0.6 is 15.9 Å². The van der Waals surface area contributed by atoms with Gasteiger partial charge in [-0.1, -0.05) is 0 Å². The van der Waals surface area contributed by atoms with Gasteiger partial charge in [-0.25, -0.2) is 4.79 Å². The fourth-order valence-corrected chi connectivity index (χ4v) is 2.43. The molecule has 2 amide bonds. The number of rotatable bonds is 4. The van der Waals surface area contributed by atoms with E-state index < -0.39 is 5.97 Å². The molecular formula is C13H13BrN2O4. The van der Waals surface area contributed by atoms with Gasteiger partial charge in [-0.2, -0.15) is 0 Å². The van der Waals surface area contributed by atoms with Crippen molar-refractivity contribution in [2.45, 2.75) is 12.8 Å². The minimum absolute atomic E-state index is 0.00268. The molecule has 0 radical (unpaired) electrons. The van der Waals surface area contributed by atoms with E-state index in [9.17, 15) is 14.4 Å². The van der Waals surface area contributed by atoms with Crippen LogP contribution in [0.5, 0.6) is 0 Å². The molecule has 1 saturated heterocycles. The third-order valence-electron chi connectivity index (χ3n) is 2.99. The Balaban J connectivity index is 2.02. The topological polar surface area (TPSA) is 86.7 Å². The van der Waals surface area contributed by atoms with Crippen molar-refractivity contribution >= 4 is 39.4 Å². The standard InChI is InChI=1S/C13H13BrN2O4/c14-10-4-3-8(6-9(10)13(19)20)15-11(17)7-16-5-1-2-12(16)18/h3-4,6H,1-2,5,7H2,(H,15,17)(H,19,20). The van der Waals surface area contributed by atoms with Crippen molar-refractivity contribution in [2.24, 2.45) is 0 Å². The average molecular weight is 341 g/mol. The van der Waals surface area contributed by atoms with Crippen LogP contribution in [0.15, 0.2) is 22.7 Å². The summed E-state index contributed by atoms with van der Waals surface area (Å²) in [6.45, 7) is 0.588. The van der Waals surface area contributed by atoms with E-state index in [0.29, 0.717) is 23.1 Å². The number of halogens is 1. The van der Waals surface area contributed by atoms with E-state index in [1.165, 1.54) is 11.0 Å². The molecule has 1 aliphatic heterocycles. The van der Waals surface area contributed by atoms with Crippen molar-refractivity contribution in [3.8, 4) is 0 Å². The maximum atomic E-state index is 11.8. The monoisotopic (exact) mass is 340 g/mol. The number of benzene rings is 1. The number of nitrogens with zero attached hydrogens (tertiary/aromatic N) is 1. The number of nitrogens with one attached hydrogen (secondary N) is 1. The molecule has 1 heterocycles. The van der Waals surface area contributed by atoms with E-state index >= 15 is 0 Å². The molecule has 2 N–H and O–H groups in total. The lowest BCUT2D eigenvalue weighted by molar-refractivity contribution is -0.131. The van der Waals surface area contributed by atoms with E-state index in [0.717, 1.165) is 6.42 Å². The maximum Gasteiger partial charge on any atom is 0.336 e. The highest BCUT2D eigenvalue weighted by atomic mass is 79.9. The molecule has 1 aromatic carbocycles. The van der Waals surface area contributed by atoms with Gasteiger partial charge in [-0.3, -0.25) is 9.59 Å². The number of carbonyl (C=O) groups excluding carboxylic acids is 2. The zero-order valence-electron chi connectivity index (χ0n) is 10.6. The van der Waals surface area contributed by atoms with Crippen LogP contribution in [0.25, 0.3) is 0 Å². The van der Waals surface area contributed by atoms with E-state index in [-0.39, 0.29) is 23.9 Å². The highest BCUT2D eigenvalue weighted by Crippen LogP contribution is 2.21. The van der Waals surface area contributed by atoms with Gasteiger partial charge in [0.05, 0.1) is 12.1 Å². The van der Waals surface area contributed by atoms with Crippen LogP contribution in [0.2, 0.25) is 0 Å². The number of carboxylic acid groups (broad SMARTS) is 1. The third-order valence-corrected chi connectivity index (χ3v) is 3.68. The van der Waals surface area contributed by atoms with Crippen LogP contribution in [0.4, 0.5) is 5.69 Å². The largest absolute Gasteiger partial charge is 0.478 e. The van der Waals surface area contributed by atoms with E-state index in [4.69, 9.17) is 5.11 Å². The smallest absolute Gasteiger partial charge is 0.336 e. The highest BCUT2D eigenvalue weighted by Gasteiger charge is 2.22. The summed E-state index contributed by atoms with van der Waals surface area (Å²) in [6.07, 6.45) is 1.25. The van der Waals surface area contributed by atoms with Gasteiger partial charge in [0.25, 0.3) is 0 Å². The number of amides is 2. The van der Waals surface area contributed by atoms with E-state index in [2.05, 4.69) is 21.2 Å². The van der Waals surface area contributed by atoms with Crippen molar-refractivity contribution in [1.82, 2.24) is 4.90 Å². The lowest BCUT2D eigenvalue weighted by Gasteiger charge is -2.15. The minimum atomic E-state index is -1.08. The van der Waals surface area contributed by atoms with Crippen molar-refractivity contribution in [1.29, 1.82) is 0 Å². The van der Waals surface area contributed by atoms with Crippen LogP contribution in [0.1, 0.15) is 23.2 Å². The van der Waals surface area contributed by atoms with Crippen LogP contribution < -0.4 is 5.32 Å². The number of carbonyl (C=O) groups is 3. The molecule has 0 aromatic heterocycles. The average Bonchev–Trinajstić information content (AvgIpc) is 2.77. The van der Waals surface area contributed by atoms with Crippen LogP contribution in [0.3, 0.4) is 0 Å². The number of aromatic carboxylic acids is 1. The van der Waals surface area contributed by atoms with Gasteiger partial charge in [0, 0.05) is 23.1 Å². The van der Waals surface area contributed by atoms with Gasteiger partial charge in [-0.15, -0.1) is 0 Å². The normalized spacial score (nSPS) is 14.4. The Bertz CT molecular complexity index is 573. The Morgan fingerprint density at radius 2 is 2.15 bits per heavy atom. The number of anilines is 1. The van der Waals surface area contributed by atoms with Gasteiger partial charge in [-0.05, 0) is 40.5 Å². The van der Waals surface area contributed by atoms with Crippen molar-refractivity contribution in [3.05, 3.63) is 28.2 Å². The number of hydrogen-bond acceptors (Lipinski definition) is 3. The molecule has 1 aromatic rings. The molecule has 6 nitrogen and oxygen atoms in total. The molecule has 0 unspecified atom stereocenters. The molecule has 106 valence electrons. The van der Waals surface area contributed by atoms with Crippen LogP contribution in [0, 0.1) is 0 Å². The minimum Gasteiger partial charge on any atom is -0.478 e. The van der Waals surface area contributed by atoms with Crippen LogP contribution in [-0.2, 0) is 9.59 Å². The lowest BCUT2D eigenvalue weighted by Crippen LogP contribution is -2.33. The van der Waals surface area contributed by atoms with Crippen molar-refractivity contribution in [2.75, 3.05) is 18.4 Å². The zero-order valence-corrected chi connectivity index (χ0v) is 12.1. The molecule has 0 aliphatic carbocycles. The van der Waals surface area contributed by atoms with Gasteiger partial charge in [0.1, 0.15) is 0 Å². The van der Waals surface area contributed by atoms with Gasteiger partial charge < -0.3 is 15.3 Å². The molecular weight excluding hydrogens is 328 g/mol. The fraction of sp³-hybridized carbons (Fsp3) is 0.308. The first-order valence-electron chi connectivity index (χ1n) is 6.08. The Kier molecular flexibility index (Phi) is 4.39. The lowest BCUT2D eigenvalue weighted by atomic mass is 10.2. The first-order valence-corrected chi connectivity index (χ1v) is 6.87. The highest BCUT2D eigenvalue weighted by molar-refractivity contribution is 9.10. The van der Waals surface area contributed by atoms with Crippen LogP contribution in [-0.4, -0.2) is 40.9 Å². The number of carboxylic acids is 1. The fourth-order valence-electron chi connectivity index (χ4n) is 2.01. The molecule has 0 saturated carbocycles. The third kappa shape index (κ3) is 3.36. The van der Waals surface area contributed by atoms with Crippen molar-refractivity contribution < 1.29 is 19.5 Å². The van der Waals surface area contributed by atoms with Gasteiger partial charge in [0.2, 0.25) is 11.8 Å². The van der Waals surface area contributed by atoms with Crippen molar-refractivity contribution in [3.63, 3.8) is 0 Å². The summed E-state index contributed by atoms with van der Waals surface area (Å²) in [6, 6.07) is 4.52. The summed E-state index contributed by atoms with van der Waals surface area (Å²) in [5, 5.41) is 11.6. The summed E-state index contributed by atoms with van der Waals surface area (Å²) >= 11 is 3.13. The second kappa shape index (κ2) is 6.04. The Morgan fingerprint density at radius 3 is 2.75 bits per heavy atom. The second-order valence-corrected chi connectivity index (χ2v) is 5.32. The summed E-state index contributed by atoms with van der Waals surface area (Å²) in [5.74, 6) is -1.44. The molecule has 0 spiro atoms.